The number of benzene rings is 1. The average Bonchev–Trinajstić information content (AvgIpc) is 3.23. The number of nitrogens with one attached hydrogen (secondary N) is 1. The first kappa shape index (κ1) is 12.0. The van der Waals surface area contributed by atoms with Gasteiger partial charge in [0.1, 0.15) is 5.75 Å². The van der Waals surface area contributed by atoms with E-state index in [1.54, 1.807) is 0 Å². The van der Waals surface area contributed by atoms with Gasteiger partial charge in [-0.2, -0.15) is 0 Å². The van der Waals surface area contributed by atoms with Gasteiger partial charge in [0.15, 0.2) is 0 Å². The van der Waals surface area contributed by atoms with Crippen molar-refractivity contribution in [2.24, 2.45) is 5.92 Å². The van der Waals surface area contributed by atoms with Crippen LogP contribution >= 0.6 is 0 Å². The van der Waals surface area contributed by atoms with Crippen LogP contribution < -0.4 is 10.1 Å². The minimum absolute atomic E-state index is 0.416. The fraction of sp³-hybridized carbons (Fsp3) is 0.600. The van der Waals surface area contributed by atoms with E-state index < -0.39 is 0 Å². The highest BCUT2D eigenvalue weighted by atomic mass is 16.5. The van der Waals surface area contributed by atoms with Gasteiger partial charge in [-0.25, -0.2) is 0 Å². The molecule has 1 saturated carbocycles. The smallest absolute Gasteiger partial charge is 0.124 e. The fourth-order valence-electron chi connectivity index (χ4n) is 2.39. The maximum atomic E-state index is 5.65. The van der Waals surface area contributed by atoms with Gasteiger partial charge >= 0.3 is 0 Å². The Balaban J connectivity index is 1.44. The van der Waals surface area contributed by atoms with E-state index in [4.69, 9.17) is 9.47 Å². The molecule has 1 atom stereocenters. The van der Waals surface area contributed by atoms with Crippen molar-refractivity contribution in [2.45, 2.75) is 25.3 Å². The highest BCUT2D eigenvalue weighted by Crippen LogP contribution is 2.31. The lowest BCUT2D eigenvalue weighted by Crippen LogP contribution is -2.29. The normalized spacial score (nSPS) is 22.3. The number of hydrogen-bond acceptors (Lipinski definition) is 3. The predicted molar refractivity (Wildman–Crippen MR) is 70.8 cm³/mol. The molecule has 0 saturated heterocycles. The maximum absolute atomic E-state index is 5.65. The topological polar surface area (TPSA) is 30.5 Å². The van der Waals surface area contributed by atoms with Crippen LogP contribution in [0.25, 0.3) is 0 Å². The summed E-state index contributed by atoms with van der Waals surface area (Å²) in [6.45, 7) is 3.49. The Kier molecular flexibility index (Phi) is 3.81. The second-order valence-electron chi connectivity index (χ2n) is 5.20. The van der Waals surface area contributed by atoms with Crippen LogP contribution in [-0.2, 0) is 4.74 Å². The zero-order chi connectivity index (χ0) is 12.2. The monoisotopic (exact) mass is 247 g/mol. The van der Waals surface area contributed by atoms with Gasteiger partial charge in [-0.05, 0) is 24.8 Å². The van der Waals surface area contributed by atoms with E-state index in [2.05, 4.69) is 17.4 Å². The van der Waals surface area contributed by atoms with E-state index in [1.165, 1.54) is 18.4 Å². The van der Waals surface area contributed by atoms with Crippen molar-refractivity contribution in [3.63, 3.8) is 0 Å². The van der Waals surface area contributed by atoms with E-state index in [0.717, 1.165) is 44.5 Å². The minimum Gasteiger partial charge on any atom is -0.493 e. The van der Waals surface area contributed by atoms with Crippen molar-refractivity contribution >= 4 is 0 Å². The fourth-order valence-corrected chi connectivity index (χ4v) is 2.39. The van der Waals surface area contributed by atoms with Crippen LogP contribution in [0.5, 0.6) is 5.75 Å². The molecule has 2 aliphatic rings. The molecule has 3 rings (SSSR count). The summed E-state index contributed by atoms with van der Waals surface area (Å²) < 4.78 is 11.3. The number of fused-ring (bicyclic) bond motifs is 1. The number of ether oxygens (including phenoxy) is 2. The summed E-state index contributed by atoms with van der Waals surface area (Å²) in [4.78, 5) is 0. The molecule has 3 heteroatoms. The predicted octanol–water partition coefficient (Wildman–Crippen LogP) is 2.53. The summed E-state index contributed by atoms with van der Waals surface area (Å²) in [5, 5.41) is 3.57. The Labute approximate surface area is 108 Å². The second kappa shape index (κ2) is 5.72. The summed E-state index contributed by atoms with van der Waals surface area (Å²) in [6, 6.07) is 8.72. The van der Waals surface area contributed by atoms with Gasteiger partial charge in [0.2, 0.25) is 0 Å². The molecular weight excluding hydrogens is 226 g/mol. The molecule has 18 heavy (non-hydrogen) atoms. The Morgan fingerprint density at radius 2 is 2.11 bits per heavy atom. The van der Waals surface area contributed by atoms with Gasteiger partial charge in [0.05, 0.1) is 13.2 Å². The van der Waals surface area contributed by atoms with Crippen LogP contribution in [0, 0.1) is 5.92 Å². The van der Waals surface area contributed by atoms with Crippen LogP contribution in [0.4, 0.5) is 0 Å². The van der Waals surface area contributed by atoms with Gasteiger partial charge in [-0.15, -0.1) is 0 Å². The highest BCUT2D eigenvalue weighted by molar-refractivity contribution is 5.37. The molecule has 1 fully saturated rings. The SMILES string of the molecule is c1ccc2c(c1)OCCC2NCCOCC1CC1. The van der Waals surface area contributed by atoms with Gasteiger partial charge in [-0.1, -0.05) is 18.2 Å². The summed E-state index contributed by atoms with van der Waals surface area (Å²) in [5.74, 6) is 1.88. The molecule has 1 aromatic carbocycles. The first-order valence-electron chi connectivity index (χ1n) is 6.96. The van der Waals surface area contributed by atoms with E-state index in [1.807, 2.05) is 12.1 Å². The van der Waals surface area contributed by atoms with Crippen molar-refractivity contribution < 1.29 is 9.47 Å². The number of hydrogen-bond donors (Lipinski definition) is 1. The Morgan fingerprint density at radius 3 is 3.00 bits per heavy atom. The molecule has 0 amide bonds. The lowest BCUT2D eigenvalue weighted by atomic mass is 10.0. The first-order valence-corrected chi connectivity index (χ1v) is 6.96. The highest BCUT2D eigenvalue weighted by Gasteiger charge is 2.22. The van der Waals surface area contributed by atoms with Crippen LogP contribution in [0.1, 0.15) is 30.9 Å². The molecule has 0 bridgehead atoms. The molecule has 0 spiro atoms. The average molecular weight is 247 g/mol. The van der Waals surface area contributed by atoms with Crippen LogP contribution in [0.3, 0.4) is 0 Å². The summed E-state index contributed by atoms with van der Waals surface area (Å²) in [7, 11) is 0. The van der Waals surface area contributed by atoms with E-state index in [-0.39, 0.29) is 0 Å². The molecule has 1 aliphatic carbocycles. The number of rotatable bonds is 6. The second-order valence-corrected chi connectivity index (χ2v) is 5.20. The third kappa shape index (κ3) is 3.03. The molecular formula is C15H21NO2. The molecule has 3 nitrogen and oxygen atoms in total. The quantitative estimate of drug-likeness (QED) is 0.784. The van der Waals surface area contributed by atoms with E-state index in [9.17, 15) is 0 Å². The van der Waals surface area contributed by atoms with Gasteiger partial charge in [0.25, 0.3) is 0 Å². The number of para-hydroxylation sites is 1. The molecule has 0 radical (unpaired) electrons. The maximum Gasteiger partial charge on any atom is 0.124 e. The van der Waals surface area contributed by atoms with Crippen molar-refractivity contribution in [1.82, 2.24) is 5.32 Å². The minimum atomic E-state index is 0.416. The molecule has 1 N–H and O–H groups in total. The largest absolute Gasteiger partial charge is 0.493 e. The summed E-state index contributed by atoms with van der Waals surface area (Å²) in [5.41, 5.74) is 1.28. The zero-order valence-corrected chi connectivity index (χ0v) is 10.7. The van der Waals surface area contributed by atoms with Gasteiger partial charge in [0, 0.05) is 31.2 Å². The van der Waals surface area contributed by atoms with Crippen molar-refractivity contribution in [3.05, 3.63) is 29.8 Å². The van der Waals surface area contributed by atoms with Gasteiger partial charge in [-0.3, -0.25) is 0 Å². The lowest BCUT2D eigenvalue weighted by Gasteiger charge is -2.26. The van der Waals surface area contributed by atoms with Crippen LogP contribution in [0.15, 0.2) is 24.3 Å². The van der Waals surface area contributed by atoms with Crippen molar-refractivity contribution in [1.29, 1.82) is 0 Å². The third-order valence-corrected chi connectivity index (χ3v) is 3.65. The zero-order valence-electron chi connectivity index (χ0n) is 10.7. The molecule has 98 valence electrons. The summed E-state index contributed by atoms with van der Waals surface area (Å²) in [6.07, 6.45) is 3.77. The first-order chi connectivity index (χ1) is 8.93. The van der Waals surface area contributed by atoms with Crippen molar-refractivity contribution in [2.75, 3.05) is 26.4 Å². The molecule has 0 aromatic heterocycles. The van der Waals surface area contributed by atoms with E-state index >= 15 is 0 Å². The Hall–Kier alpha value is -1.06. The third-order valence-electron chi connectivity index (χ3n) is 3.65. The summed E-state index contributed by atoms with van der Waals surface area (Å²) >= 11 is 0. The molecule has 1 heterocycles. The van der Waals surface area contributed by atoms with E-state index in [0.29, 0.717) is 6.04 Å². The molecule has 1 unspecified atom stereocenters. The lowest BCUT2D eigenvalue weighted by molar-refractivity contribution is 0.122. The van der Waals surface area contributed by atoms with Crippen molar-refractivity contribution in [3.8, 4) is 5.75 Å². The Bertz CT molecular complexity index is 390. The molecule has 1 aliphatic heterocycles. The molecule has 1 aromatic rings. The van der Waals surface area contributed by atoms with Crippen LogP contribution in [0.2, 0.25) is 0 Å². The van der Waals surface area contributed by atoms with Crippen LogP contribution in [-0.4, -0.2) is 26.4 Å². The standard InChI is InChI=1S/C15H21NO2/c1-2-4-15-13(3-1)14(7-9-18-15)16-8-10-17-11-12-5-6-12/h1-4,12,14,16H,5-11H2. The van der Waals surface area contributed by atoms with Gasteiger partial charge < -0.3 is 14.8 Å². The Morgan fingerprint density at radius 1 is 1.22 bits per heavy atom.